The van der Waals surface area contributed by atoms with Crippen molar-refractivity contribution in [3.05, 3.63) is 94.1 Å². The van der Waals surface area contributed by atoms with Gasteiger partial charge in [-0.15, -0.1) is 0 Å². The highest BCUT2D eigenvalue weighted by Gasteiger charge is 2.45. The summed E-state index contributed by atoms with van der Waals surface area (Å²) in [5.74, 6) is -2.99. The smallest absolute Gasteiger partial charge is 0.388 e. The third-order valence-corrected chi connectivity index (χ3v) is 12.0. The molecule has 1 aromatic heterocycles. The molecule has 0 saturated carbocycles. The molecule has 5 heterocycles. The van der Waals surface area contributed by atoms with E-state index in [1.807, 2.05) is 6.07 Å². The first-order valence-corrected chi connectivity index (χ1v) is 20.3. The highest BCUT2D eigenvalue weighted by atomic mass is 19.4. The lowest BCUT2D eigenvalue weighted by atomic mass is 9.87. The van der Waals surface area contributed by atoms with Crippen LogP contribution in [0.1, 0.15) is 90.3 Å². The third kappa shape index (κ3) is 9.30. The number of aromatic nitrogens is 1. The number of rotatable bonds is 10. The van der Waals surface area contributed by atoms with E-state index in [-0.39, 0.29) is 52.5 Å². The number of benzene rings is 1. The molecule has 324 valence electrons. The number of carbonyl (C=O) groups excluding carboxylic acids is 5. The largest absolute Gasteiger partial charge is 0.433 e. The summed E-state index contributed by atoms with van der Waals surface area (Å²) >= 11 is 0. The Labute approximate surface area is 351 Å². The van der Waals surface area contributed by atoms with Crippen LogP contribution >= 0.6 is 0 Å². The fraction of sp³-hybridized carbons (Fsp3) is 0.465. The lowest BCUT2D eigenvalue weighted by Crippen LogP contribution is -2.59. The summed E-state index contributed by atoms with van der Waals surface area (Å²) in [6.45, 7) is 13.0. The molecular weight excluding hydrogens is 796 g/mol. The zero-order chi connectivity index (χ0) is 44.0. The number of piperidine rings is 2. The van der Waals surface area contributed by atoms with Crippen molar-refractivity contribution in [2.45, 2.75) is 82.8 Å². The molecule has 4 aliphatic heterocycles. The Morgan fingerprint density at radius 2 is 1.62 bits per heavy atom. The molecule has 5 N–H and O–H groups in total. The summed E-state index contributed by atoms with van der Waals surface area (Å²) < 4.78 is 39.8. The number of allylic oxidation sites excluding steroid dienone is 3. The number of piperazine rings is 1. The molecular formula is C43H50F3N9O6. The van der Waals surface area contributed by atoms with Gasteiger partial charge in [-0.3, -0.25) is 39.1 Å². The number of carbonyl (C=O) groups is 5. The number of amides is 5. The van der Waals surface area contributed by atoms with E-state index < -0.39 is 58.7 Å². The molecule has 18 heteroatoms. The van der Waals surface area contributed by atoms with Gasteiger partial charge in [-0.2, -0.15) is 13.2 Å². The number of nitrogens with zero attached hydrogens (tertiary/aromatic N) is 5. The lowest BCUT2D eigenvalue weighted by Gasteiger charge is -2.47. The molecule has 61 heavy (non-hydrogen) atoms. The van der Waals surface area contributed by atoms with Crippen LogP contribution in [0.2, 0.25) is 0 Å². The van der Waals surface area contributed by atoms with Gasteiger partial charge < -0.3 is 30.9 Å². The molecule has 1 aliphatic carbocycles. The van der Waals surface area contributed by atoms with Crippen LogP contribution in [0.15, 0.2) is 71.6 Å². The molecule has 7 rings (SSSR count). The maximum absolute atomic E-state index is 13.4. The Bertz CT molecular complexity index is 2250. The number of likely N-dealkylation sites (tertiary alicyclic amines) is 1. The van der Waals surface area contributed by atoms with E-state index >= 15 is 0 Å². The Morgan fingerprint density at radius 3 is 2.28 bits per heavy atom. The van der Waals surface area contributed by atoms with Crippen molar-refractivity contribution in [1.82, 2.24) is 35.6 Å². The first kappa shape index (κ1) is 43.4. The number of nitrogens with one attached hydrogen (secondary N) is 4. The van der Waals surface area contributed by atoms with E-state index in [4.69, 9.17) is 5.41 Å². The zero-order valence-electron chi connectivity index (χ0n) is 34.5. The van der Waals surface area contributed by atoms with Crippen LogP contribution < -0.4 is 20.9 Å². The Hall–Kier alpha value is -5.72. The van der Waals surface area contributed by atoms with Gasteiger partial charge in [0.2, 0.25) is 11.8 Å². The van der Waals surface area contributed by atoms with E-state index in [0.29, 0.717) is 18.7 Å². The number of aliphatic hydroxyl groups is 1. The van der Waals surface area contributed by atoms with Crippen LogP contribution in [-0.2, 0) is 15.8 Å². The highest BCUT2D eigenvalue weighted by Crippen LogP contribution is 2.33. The molecule has 0 spiro atoms. The van der Waals surface area contributed by atoms with Gasteiger partial charge in [0.05, 0.1) is 22.4 Å². The topological polar surface area (TPSA) is 191 Å². The van der Waals surface area contributed by atoms with E-state index in [1.54, 1.807) is 18.3 Å². The van der Waals surface area contributed by atoms with Crippen LogP contribution in [0.3, 0.4) is 0 Å². The number of fused-ring (bicyclic) bond motifs is 1. The number of hydrogen-bond donors (Lipinski definition) is 5. The second-order valence-electron chi connectivity index (χ2n) is 17.2. The van der Waals surface area contributed by atoms with Crippen LogP contribution in [-0.4, -0.2) is 129 Å². The van der Waals surface area contributed by atoms with Gasteiger partial charge >= 0.3 is 6.18 Å². The molecule has 2 aromatic rings. The second kappa shape index (κ2) is 16.6. The van der Waals surface area contributed by atoms with Crippen molar-refractivity contribution in [3.63, 3.8) is 0 Å². The minimum absolute atomic E-state index is 0.0614. The number of pyridine rings is 1. The Morgan fingerprint density at radius 1 is 0.934 bits per heavy atom. The summed E-state index contributed by atoms with van der Waals surface area (Å²) in [5, 5.41) is 27.7. The van der Waals surface area contributed by atoms with Crippen molar-refractivity contribution >= 4 is 40.9 Å². The van der Waals surface area contributed by atoms with Crippen LogP contribution in [0.4, 0.5) is 18.9 Å². The second-order valence-corrected chi connectivity index (χ2v) is 17.2. The van der Waals surface area contributed by atoms with Gasteiger partial charge in [-0.05, 0) is 89.4 Å². The molecule has 5 aliphatic rings. The standard InChI is InChI=1S/C43H50F3N9O6/c1-41(2,54-18-16-53(17-19-54)27-8-9-28-29(21-27)40(60)55(39(28)59)34-10-11-36(56)51-38(34)58)24-52-14-12-26(13-15-52)48-23-25-20-33(30(22-31(25)47)42(3,4)61)50-37(57)32-6-5-7-35(49-32)43(44,45)46/h5-9,20-23,26,34,47-48,61H,10-19,24H2,1-4H3,(H,50,57)(H,51,56,58)/b25-23-,47-31?. The van der Waals surface area contributed by atoms with Crippen molar-refractivity contribution < 1.29 is 42.3 Å². The van der Waals surface area contributed by atoms with Gasteiger partial charge in [0.15, 0.2) is 0 Å². The molecule has 15 nitrogen and oxygen atoms in total. The van der Waals surface area contributed by atoms with E-state index in [1.165, 1.54) is 32.1 Å². The maximum atomic E-state index is 13.4. The van der Waals surface area contributed by atoms with Gasteiger partial charge in [-0.25, -0.2) is 4.98 Å². The first-order chi connectivity index (χ1) is 28.7. The van der Waals surface area contributed by atoms with Crippen molar-refractivity contribution in [3.8, 4) is 0 Å². The SMILES string of the molecule is CC(C)(O)C1=CC(=N)/C(=C\NC2CCN(CC(C)(C)N3CCN(c4ccc5c(c4)C(=O)N(C4CCC(=O)NC4=O)C5=O)CC3)CC2)C=C1NC(=O)c1cccc(C(F)(F)F)n1. The molecule has 1 atom stereocenters. The molecule has 3 saturated heterocycles. The molecule has 0 bridgehead atoms. The third-order valence-electron chi connectivity index (χ3n) is 12.0. The first-order valence-electron chi connectivity index (χ1n) is 20.3. The van der Waals surface area contributed by atoms with Gasteiger partial charge in [0, 0.05) is 92.5 Å². The fourth-order valence-corrected chi connectivity index (χ4v) is 8.59. The minimum atomic E-state index is -4.73. The average Bonchev–Trinajstić information content (AvgIpc) is 3.45. The molecule has 1 aromatic carbocycles. The molecule has 0 radical (unpaired) electrons. The van der Waals surface area contributed by atoms with Crippen LogP contribution in [0.25, 0.3) is 0 Å². The zero-order valence-corrected chi connectivity index (χ0v) is 34.5. The van der Waals surface area contributed by atoms with Crippen molar-refractivity contribution in [1.29, 1.82) is 5.41 Å². The predicted octanol–water partition coefficient (Wildman–Crippen LogP) is 3.38. The van der Waals surface area contributed by atoms with E-state index in [2.05, 4.69) is 49.5 Å². The molecule has 5 amide bonds. The number of halogens is 3. The summed E-state index contributed by atoms with van der Waals surface area (Å²) in [6.07, 6.45) is 1.75. The fourth-order valence-electron chi connectivity index (χ4n) is 8.59. The average molecular weight is 846 g/mol. The summed E-state index contributed by atoms with van der Waals surface area (Å²) in [4.78, 5) is 75.2. The predicted molar refractivity (Wildman–Crippen MR) is 219 cm³/mol. The van der Waals surface area contributed by atoms with Gasteiger partial charge in [0.25, 0.3) is 17.7 Å². The minimum Gasteiger partial charge on any atom is -0.388 e. The molecule has 3 fully saturated rings. The number of alkyl halides is 3. The lowest BCUT2D eigenvalue weighted by molar-refractivity contribution is -0.141. The van der Waals surface area contributed by atoms with E-state index in [9.17, 15) is 42.3 Å². The Kier molecular flexibility index (Phi) is 11.8. The van der Waals surface area contributed by atoms with Crippen molar-refractivity contribution in [2.75, 3.05) is 50.7 Å². The number of imide groups is 2. The maximum Gasteiger partial charge on any atom is 0.433 e. The van der Waals surface area contributed by atoms with Gasteiger partial charge in [-0.1, -0.05) is 6.07 Å². The van der Waals surface area contributed by atoms with Gasteiger partial charge in [0.1, 0.15) is 17.4 Å². The summed E-state index contributed by atoms with van der Waals surface area (Å²) in [5.41, 5.74) is -1.02. The number of hydrogen-bond acceptors (Lipinski definition) is 12. The normalized spacial score (nSPS) is 22.0. The van der Waals surface area contributed by atoms with Crippen LogP contribution in [0, 0.1) is 5.41 Å². The highest BCUT2D eigenvalue weighted by molar-refractivity contribution is 6.23. The van der Waals surface area contributed by atoms with Crippen molar-refractivity contribution in [2.24, 2.45) is 0 Å². The Balaban J connectivity index is 0.913. The summed E-state index contributed by atoms with van der Waals surface area (Å²) in [7, 11) is 0. The number of anilines is 1. The quantitative estimate of drug-likeness (QED) is 0.221. The monoisotopic (exact) mass is 845 g/mol. The summed E-state index contributed by atoms with van der Waals surface area (Å²) in [6, 6.07) is 7.35. The van der Waals surface area contributed by atoms with Crippen LogP contribution in [0.5, 0.6) is 0 Å². The van der Waals surface area contributed by atoms with E-state index in [0.717, 1.165) is 68.3 Å². The molecule has 1 unspecified atom stereocenters.